The van der Waals surface area contributed by atoms with Crippen molar-refractivity contribution in [2.45, 2.75) is 36.5 Å². The van der Waals surface area contributed by atoms with Gasteiger partial charge in [0.15, 0.2) is 0 Å². The molecule has 0 saturated heterocycles. The minimum Gasteiger partial charge on any atom is -0.309 e. The summed E-state index contributed by atoms with van der Waals surface area (Å²) < 4.78 is 5.12. The molecular weight excluding hydrogens is 917 g/mol. The minimum atomic E-state index is -0.377. The van der Waals surface area contributed by atoms with E-state index in [-0.39, 0.29) is 10.8 Å². The lowest BCUT2D eigenvalue weighted by Gasteiger charge is -2.32. The van der Waals surface area contributed by atoms with Crippen molar-refractivity contribution in [1.29, 1.82) is 0 Å². The zero-order valence-electron chi connectivity index (χ0n) is 41.8. The zero-order valence-corrected chi connectivity index (χ0v) is 41.8. The monoisotopic (exact) mass is 964 g/mol. The van der Waals surface area contributed by atoms with Gasteiger partial charge in [-0.3, -0.25) is 0 Å². The molecular formula is C74H48N2. The Hall–Kier alpha value is -9.24. The first-order valence-corrected chi connectivity index (χ1v) is 27.3. The van der Waals surface area contributed by atoms with E-state index in [0.29, 0.717) is 0 Å². The van der Waals surface area contributed by atoms with Crippen LogP contribution in [0.5, 0.6) is 0 Å². The van der Waals surface area contributed by atoms with Crippen LogP contribution in [0.25, 0.3) is 99.5 Å². The molecule has 0 radical (unpaired) electrons. The maximum absolute atomic E-state index is 2.56. The van der Waals surface area contributed by atoms with E-state index < -0.39 is 0 Å². The van der Waals surface area contributed by atoms with E-state index in [1.807, 2.05) is 0 Å². The average molecular weight is 965 g/mol. The van der Waals surface area contributed by atoms with Crippen LogP contribution >= 0.6 is 0 Å². The van der Waals surface area contributed by atoms with Crippen LogP contribution in [-0.2, 0) is 10.8 Å². The predicted molar refractivity (Wildman–Crippen MR) is 315 cm³/mol. The van der Waals surface area contributed by atoms with E-state index in [1.54, 1.807) is 0 Å². The molecule has 0 aliphatic heterocycles. The summed E-state index contributed by atoms with van der Waals surface area (Å²) >= 11 is 0. The molecule has 2 unspecified atom stereocenters. The van der Waals surface area contributed by atoms with Gasteiger partial charge in [-0.15, -0.1) is 0 Å². The number of nitrogens with zero attached hydrogens (tertiary/aromatic N) is 2. The molecule has 6 aliphatic carbocycles. The van der Waals surface area contributed by atoms with Crippen LogP contribution in [0.4, 0.5) is 0 Å². The van der Waals surface area contributed by atoms with Gasteiger partial charge in [0.25, 0.3) is 0 Å². The van der Waals surface area contributed by atoms with Gasteiger partial charge >= 0.3 is 0 Å². The van der Waals surface area contributed by atoms with Crippen LogP contribution < -0.4 is 0 Å². The molecule has 0 saturated carbocycles. The van der Waals surface area contributed by atoms with Crippen molar-refractivity contribution < 1.29 is 0 Å². The van der Waals surface area contributed by atoms with Gasteiger partial charge in [0.1, 0.15) is 0 Å². The lowest BCUT2D eigenvalue weighted by atomic mass is 9.69. The highest BCUT2D eigenvalue weighted by Crippen LogP contribution is 2.67. The van der Waals surface area contributed by atoms with E-state index >= 15 is 0 Å². The summed E-state index contributed by atoms with van der Waals surface area (Å²) in [6.45, 7) is 0. The highest BCUT2D eigenvalue weighted by atomic mass is 15.0. The van der Waals surface area contributed by atoms with Gasteiger partial charge in [0.05, 0.1) is 32.9 Å². The second-order valence-corrected chi connectivity index (χ2v) is 21.9. The third-order valence-corrected chi connectivity index (χ3v) is 18.7. The number of rotatable bonds is 3. The molecule has 2 spiro atoms. The quantitative estimate of drug-likeness (QED) is 0.167. The van der Waals surface area contributed by atoms with Crippen molar-refractivity contribution in [3.8, 4) is 44.8 Å². The molecule has 0 bridgehead atoms. The normalized spacial score (nSPS) is 19.0. The Labute approximate surface area is 441 Å². The largest absolute Gasteiger partial charge is 0.309 e. The third-order valence-electron chi connectivity index (χ3n) is 18.7. The second-order valence-electron chi connectivity index (χ2n) is 21.9. The molecule has 354 valence electrons. The summed E-state index contributed by atoms with van der Waals surface area (Å²) in [7, 11) is 0. The summed E-state index contributed by atoms with van der Waals surface area (Å²) in [5, 5.41) is 5.07. The topological polar surface area (TPSA) is 9.86 Å². The zero-order chi connectivity index (χ0) is 49.4. The van der Waals surface area contributed by atoms with Crippen molar-refractivity contribution in [3.05, 3.63) is 298 Å². The van der Waals surface area contributed by atoms with E-state index in [1.165, 1.54) is 155 Å². The van der Waals surface area contributed by atoms with E-state index in [0.717, 1.165) is 25.7 Å². The van der Waals surface area contributed by atoms with Crippen molar-refractivity contribution in [2.24, 2.45) is 0 Å². The van der Waals surface area contributed by atoms with Gasteiger partial charge in [-0.05, 0) is 163 Å². The molecule has 10 aromatic carbocycles. The van der Waals surface area contributed by atoms with E-state index in [2.05, 4.69) is 252 Å². The van der Waals surface area contributed by atoms with Crippen LogP contribution in [0, 0.1) is 0 Å². The van der Waals surface area contributed by atoms with Crippen molar-refractivity contribution >= 4 is 54.8 Å². The fraction of sp³-hybridized carbons (Fsp3) is 0.0811. The van der Waals surface area contributed by atoms with Gasteiger partial charge in [-0.25, -0.2) is 0 Å². The third kappa shape index (κ3) is 4.86. The van der Waals surface area contributed by atoms with Gasteiger partial charge in [0, 0.05) is 44.0 Å². The minimum absolute atomic E-state index is 0.377. The van der Waals surface area contributed by atoms with E-state index in [9.17, 15) is 0 Å². The molecule has 2 heteroatoms. The number of hydrogen-bond acceptors (Lipinski definition) is 0. The summed E-state index contributed by atoms with van der Waals surface area (Å²) in [5.74, 6) is 0. The molecule has 0 fully saturated rings. The first kappa shape index (κ1) is 41.1. The molecule has 18 rings (SSSR count). The average Bonchev–Trinajstić information content (AvgIpc) is 4.50. The van der Waals surface area contributed by atoms with Gasteiger partial charge in [0.2, 0.25) is 0 Å². The second kappa shape index (κ2) is 14.7. The number of fused-ring (bicyclic) bond motifs is 26. The Morgan fingerprint density at radius 2 is 0.697 bits per heavy atom. The molecule has 0 N–H and O–H groups in total. The highest BCUT2D eigenvalue weighted by molar-refractivity contribution is 6.20. The number of para-hydroxylation sites is 2. The Balaban J connectivity index is 0.887. The fourth-order valence-electron chi connectivity index (χ4n) is 16.0. The molecule has 2 nitrogen and oxygen atoms in total. The SMILES string of the molecule is C1=CC2=C(CC1)c1ccccc1C21c2ccccc2-c2c1ccc1c3cc(-c4ccc5c(c4)c4ccc6c(c4n5-c4ccccc4)-c4ccccc4C64C5=C(CCC=C5)c5ccccc54)ccc3n(-c3ccccc3)c21. The summed E-state index contributed by atoms with van der Waals surface area (Å²) in [6, 6.07) is 83.5. The van der Waals surface area contributed by atoms with Crippen molar-refractivity contribution in [3.63, 3.8) is 0 Å². The molecule has 12 aromatic rings. The Bertz CT molecular complexity index is 4440. The highest BCUT2D eigenvalue weighted by Gasteiger charge is 2.55. The first-order valence-electron chi connectivity index (χ1n) is 27.3. The Morgan fingerprint density at radius 3 is 1.13 bits per heavy atom. The van der Waals surface area contributed by atoms with Gasteiger partial charge < -0.3 is 9.13 Å². The summed E-state index contributed by atoms with van der Waals surface area (Å²) in [6.07, 6.45) is 14.0. The first-order chi connectivity index (χ1) is 37.7. The lowest BCUT2D eigenvalue weighted by Crippen LogP contribution is -2.27. The molecule has 2 heterocycles. The number of allylic oxidation sites excluding steroid dienone is 8. The summed E-state index contributed by atoms with van der Waals surface area (Å²) in [5.41, 5.74) is 31.4. The molecule has 0 amide bonds. The Morgan fingerprint density at radius 1 is 0.316 bits per heavy atom. The number of aromatic nitrogens is 2. The molecule has 2 aromatic heterocycles. The molecule has 6 aliphatic rings. The standard InChI is InChI=1S/C74H48N2/c1-3-19-47(20-4-1)75-67-41-35-45(43-57(67)53-37-39-65-69(71(53)75)55-27-11-17-33-63(55)73(65)59-29-13-7-23-49(59)50-24-8-14-30-60(50)73)46-36-42-68-58(44-46)54-38-40-66-70(72(54)76(68)48-21-5-2-6-22-48)56-28-12-18-34-64(56)74(66)61-31-15-9-25-51(61)52-26-10-16-32-62(52)74/h1-7,9,11-23,25,27-44H,8,10,24,26H2. The van der Waals surface area contributed by atoms with Crippen LogP contribution in [-0.4, -0.2) is 9.13 Å². The summed E-state index contributed by atoms with van der Waals surface area (Å²) in [4.78, 5) is 0. The molecule has 76 heavy (non-hydrogen) atoms. The van der Waals surface area contributed by atoms with Gasteiger partial charge in [-0.1, -0.05) is 194 Å². The van der Waals surface area contributed by atoms with Gasteiger partial charge in [-0.2, -0.15) is 0 Å². The number of hydrogen-bond donors (Lipinski definition) is 0. The number of benzene rings is 10. The van der Waals surface area contributed by atoms with E-state index in [4.69, 9.17) is 0 Å². The van der Waals surface area contributed by atoms with Crippen LogP contribution in [0.3, 0.4) is 0 Å². The maximum atomic E-state index is 2.56. The smallest absolute Gasteiger partial charge is 0.0722 e. The van der Waals surface area contributed by atoms with Crippen molar-refractivity contribution in [2.75, 3.05) is 0 Å². The van der Waals surface area contributed by atoms with Crippen LogP contribution in [0.15, 0.2) is 254 Å². The van der Waals surface area contributed by atoms with Crippen LogP contribution in [0.1, 0.15) is 70.2 Å². The van der Waals surface area contributed by atoms with Crippen LogP contribution in [0.2, 0.25) is 0 Å². The Kier molecular flexibility index (Phi) is 7.98. The fourth-order valence-corrected chi connectivity index (χ4v) is 16.0. The van der Waals surface area contributed by atoms with Crippen molar-refractivity contribution in [1.82, 2.24) is 9.13 Å². The molecule has 2 atom stereocenters. The maximum Gasteiger partial charge on any atom is 0.0722 e. The predicted octanol–water partition coefficient (Wildman–Crippen LogP) is 18.4. The lowest BCUT2D eigenvalue weighted by molar-refractivity contribution is 0.781.